The van der Waals surface area contributed by atoms with Gasteiger partial charge in [0.25, 0.3) is 0 Å². The van der Waals surface area contributed by atoms with Crippen molar-refractivity contribution in [2.24, 2.45) is 0 Å². The van der Waals surface area contributed by atoms with Gasteiger partial charge in [0.1, 0.15) is 17.2 Å². The molecule has 22 heavy (non-hydrogen) atoms. The molecule has 116 valence electrons. The van der Waals surface area contributed by atoms with Crippen LogP contribution in [0.5, 0.6) is 0 Å². The van der Waals surface area contributed by atoms with Gasteiger partial charge in [0.05, 0.1) is 0 Å². The van der Waals surface area contributed by atoms with Crippen molar-refractivity contribution < 1.29 is 19.4 Å². The number of nitriles is 1. The zero-order chi connectivity index (χ0) is 16.8. The summed E-state index contributed by atoms with van der Waals surface area (Å²) >= 11 is 0. The van der Waals surface area contributed by atoms with Crippen molar-refractivity contribution in [3.63, 3.8) is 0 Å². The van der Waals surface area contributed by atoms with E-state index in [1.54, 1.807) is 45.0 Å². The molecular formula is C17H19NO4. The number of aliphatic carboxylic acids is 1. The second-order valence-corrected chi connectivity index (χ2v) is 5.81. The molecule has 1 aromatic rings. The zero-order valence-corrected chi connectivity index (χ0v) is 12.9. The average Bonchev–Trinajstić information content (AvgIpc) is 2.41. The molecule has 0 spiro atoms. The van der Waals surface area contributed by atoms with Gasteiger partial charge in [-0.15, -0.1) is 0 Å². The van der Waals surface area contributed by atoms with E-state index in [0.29, 0.717) is 12.0 Å². The highest BCUT2D eigenvalue weighted by atomic mass is 16.6. The minimum atomic E-state index is -0.847. The van der Waals surface area contributed by atoms with E-state index in [0.717, 1.165) is 5.56 Å². The highest BCUT2D eigenvalue weighted by molar-refractivity contribution is 5.98. The molecular weight excluding hydrogens is 282 g/mol. The first kappa shape index (κ1) is 17.4. The predicted molar refractivity (Wildman–Crippen MR) is 81.8 cm³/mol. The summed E-state index contributed by atoms with van der Waals surface area (Å²) < 4.78 is 5.16. The molecule has 0 bridgehead atoms. The molecule has 0 radical (unpaired) electrons. The van der Waals surface area contributed by atoms with Crippen molar-refractivity contribution >= 4 is 18.0 Å². The van der Waals surface area contributed by atoms with E-state index in [2.05, 4.69) is 0 Å². The third-order valence-corrected chi connectivity index (χ3v) is 2.66. The molecule has 0 aliphatic rings. The lowest BCUT2D eigenvalue weighted by Gasteiger charge is -2.18. The molecule has 1 N–H and O–H groups in total. The van der Waals surface area contributed by atoms with Crippen LogP contribution in [-0.2, 0) is 20.7 Å². The highest BCUT2D eigenvalue weighted by Crippen LogP contribution is 2.14. The number of carbonyl (C=O) groups is 2. The van der Waals surface area contributed by atoms with E-state index >= 15 is 0 Å². The maximum atomic E-state index is 11.9. The fourth-order valence-electron chi connectivity index (χ4n) is 1.67. The Labute approximate surface area is 129 Å². The molecule has 0 heterocycles. The van der Waals surface area contributed by atoms with Gasteiger partial charge < -0.3 is 9.84 Å². The molecule has 0 aliphatic carbocycles. The summed E-state index contributed by atoms with van der Waals surface area (Å²) in [6.07, 6.45) is 1.96. The van der Waals surface area contributed by atoms with Crippen molar-refractivity contribution in [2.45, 2.75) is 39.2 Å². The molecule has 0 amide bonds. The van der Waals surface area contributed by atoms with E-state index in [1.165, 1.54) is 6.08 Å². The first-order valence-electron chi connectivity index (χ1n) is 6.87. The smallest absolute Gasteiger partial charge is 0.349 e. The molecule has 1 rings (SSSR count). The van der Waals surface area contributed by atoms with E-state index in [1.807, 2.05) is 6.07 Å². The topological polar surface area (TPSA) is 87.4 Å². The summed E-state index contributed by atoms with van der Waals surface area (Å²) in [5, 5.41) is 17.7. The highest BCUT2D eigenvalue weighted by Gasteiger charge is 2.19. The largest absolute Gasteiger partial charge is 0.481 e. The third kappa shape index (κ3) is 6.23. The second kappa shape index (κ2) is 7.41. The number of nitrogens with zero attached hydrogens (tertiary/aromatic N) is 1. The van der Waals surface area contributed by atoms with Crippen LogP contribution < -0.4 is 0 Å². The van der Waals surface area contributed by atoms with Crippen LogP contribution in [0.4, 0.5) is 0 Å². The first-order valence-corrected chi connectivity index (χ1v) is 6.87. The van der Waals surface area contributed by atoms with E-state index in [-0.39, 0.29) is 12.0 Å². The summed E-state index contributed by atoms with van der Waals surface area (Å²) in [6.45, 7) is 5.20. The Kier molecular flexibility index (Phi) is 5.88. The van der Waals surface area contributed by atoms with Crippen molar-refractivity contribution in [2.75, 3.05) is 0 Å². The molecule has 0 aliphatic heterocycles. The van der Waals surface area contributed by atoms with Gasteiger partial charge in [0.15, 0.2) is 0 Å². The van der Waals surface area contributed by atoms with Gasteiger partial charge in [0, 0.05) is 6.42 Å². The molecule has 5 nitrogen and oxygen atoms in total. The Morgan fingerprint density at radius 3 is 2.32 bits per heavy atom. The quantitative estimate of drug-likeness (QED) is 0.513. The minimum absolute atomic E-state index is 0.0660. The van der Waals surface area contributed by atoms with Gasteiger partial charge in [-0.2, -0.15) is 5.26 Å². The Balaban J connectivity index is 2.84. The summed E-state index contributed by atoms with van der Waals surface area (Å²) in [5.74, 6) is -1.51. The van der Waals surface area contributed by atoms with Gasteiger partial charge in [0.2, 0.25) is 0 Å². The van der Waals surface area contributed by atoms with Crippen LogP contribution >= 0.6 is 0 Å². The molecule has 0 unspecified atom stereocenters. The normalized spacial score (nSPS) is 11.6. The Morgan fingerprint density at radius 2 is 1.86 bits per heavy atom. The maximum absolute atomic E-state index is 11.9. The molecule has 1 aromatic carbocycles. The van der Waals surface area contributed by atoms with Crippen molar-refractivity contribution in [1.82, 2.24) is 0 Å². The number of carbonyl (C=O) groups excluding carboxylic acids is 1. The Morgan fingerprint density at radius 1 is 1.27 bits per heavy atom. The number of hydrogen-bond donors (Lipinski definition) is 1. The number of ether oxygens (including phenoxy) is 1. The fourth-order valence-corrected chi connectivity index (χ4v) is 1.67. The standard InChI is InChI=1S/C17H19NO4/c1-17(2,3)22-16(21)14(11-18)10-13-6-4-12(5-7-13)8-9-15(19)20/h4-7,10H,8-9H2,1-3H3,(H,19,20). The Hall–Kier alpha value is -2.61. The lowest BCUT2D eigenvalue weighted by Crippen LogP contribution is -2.24. The van der Waals surface area contributed by atoms with Crippen LogP contribution in [-0.4, -0.2) is 22.6 Å². The molecule has 0 aromatic heterocycles. The SMILES string of the molecule is CC(C)(C)OC(=O)C(C#N)=Cc1ccc(CCC(=O)O)cc1. The molecule has 0 saturated heterocycles. The monoisotopic (exact) mass is 301 g/mol. The molecule has 0 atom stereocenters. The van der Waals surface area contributed by atoms with Crippen LogP contribution in [0.25, 0.3) is 6.08 Å². The summed E-state index contributed by atoms with van der Waals surface area (Å²) in [5.41, 5.74) is 0.832. The van der Waals surface area contributed by atoms with E-state index in [9.17, 15) is 9.59 Å². The summed E-state index contributed by atoms with van der Waals surface area (Å²) in [6, 6.07) is 8.86. The average molecular weight is 301 g/mol. The van der Waals surface area contributed by atoms with Gasteiger partial charge in [-0.05, 0) is 44.4 Å². The van der Waals surface area contributed by atoms with Crippen molar-refractivity contribution in [1.29, 1.82) is 5.26 Å². The lowest BCUT2D eigenvalue weighted by molar-refractivity contribution is -0.149. The second-order valence-electron chi connectivity index (χ2n) is 5.81. The molecule has 0 saturated carbocycles. The predicted octanol–water partition coefficient (Wildman–Crippen LogP) is 2.95. The van der Waals surface area contributed by atoms with E-state index in [4.69, 9.17) is 15.1 Å². The maximum Gasteiger partial charge on any atom is 0.349 e. The number of benzene rings is 1. The zero-order valence-electron chi connectivity index (χ0n) is 12.9. The van der Waals surface area contributed by atoms with Crippen LogP contribution in [0.2, 0.25) is 0 Å². The number of aryl methyl sites for hydroxylation is 1. The molecule has 0 fully saturated rings. The van der Waals surface area contributed by atoms with Crippen LogP contribution in [0, 0.1) is 11.3 Å². The lowest BCUT2D eigenvalue weighted by atomic mass is 10.1. The number of carboxylic acid groups (broad SMARTS) is 1. The first-order chi connectivity index (χ1) is 10.2. The fraction of sp³-hybridized carbons (Fsp3) is 0.353. The van der Waals surface area contributed by atoms with Gasteiger partial charge in [-0.25, -0.2) is 4.79 Å². The number of carboxylic acids is 1. The van der Waals surface area contributed by atoms with E-state index < -0.39 is 17.5 Å². The van der Waals surface area contributed by atoms with Gasteiger partial charge >= 0.3 is 11.9 Å². The van der Waals surface area contributed by atoms with Crippen molar-refractivity contribution in [3.8, 4) is 6.07 Å². The Bertz CT molecular complexity index is 616. The van der Waals surface area contributed by atoms with Gasteiger partial charge in [-0.3, -0.25) is 4.79 Å². The minimum Gasteiger partial charge on any atom is -0.481 e. The third-order valence-electron chi connectivity index (χ3n) is 2.66. The number of hydrogen-bond acceptors (Lipinski definition) is 4. The molecule has 5 heteroatoms. The van der Waals surface area contributed by atoms with Gasteiger partial charge in [-0.1, -0.05) is 24.3 Å². The van der Waals surface area contributed by atoms with Crippen LogP contribution in [0.1, 0.15) is 38.3 Å². The summed E-state index contributed by atoms with van der Waals surface area (Å²) in [7, 11) is 0. The van der Waals surface area contributed by atoms with Crippen molar-refractivity contribution in [3.05, 3.63) is 41.0 Å². The number of rotatable bonds is 5. The van der Waals surface area contributed by atoms with Crippen LogP contribution in [0.3, 0.4) is 0 Å². The van der Waals surface area contributed by atoms with Crippen LogP contribution in [0.15, 0.2) is 29.8 Å². The summed E-state index contributed by atoms with van der Waals surface area (Å²) in [4.78, 5) is 22.4. The number of esters is 1.